The molecule has 7 heteroatoms. The number of para-hydroxylation sites is 1. The maximum atomic E-state index is 13.0. The molecule has 2 N–H and O–H groups in total. The van der Waals surface area contributed by atoms with Gasteiger partial charge < -0.3 is 20.3 Å². The van der Waals surface area contributed by atoms with Crippen LogP contribution < -0.4 is 20.3 Å². The van der Waals surface area contributed by atoms with E-state index in [1.807, 2.05) is 48.5 Å². The number of anilines is 2. The standard InChI is InChI=1S/C28H29N3O4/c1-3-19-8-12-22(13-9-19)31-18-21(16-26(31)32)27(33)30-25-7-5-4-6-24(25)28(34)29-17-20-10-14-23(35-2)15-11-20/h4-15,21H,3,16-18H2,1-2H3,(H,29,34)(H,30,33)/t21-/m1/s1. The van der Waals surface area contributed by atoms with Gasteiger partial charge in [-0.1, -0.05) is 43.3 Å². The molecule has 0 spiro atoms. The smallest absolute Gasteiger partial charge is 0.253 e. The number of amides is 3. The molecule has 3 aromatic rings. The van der Waals surface area contributed by atoms with Gasteiger partial charge in [0.15, 0.2) is 0 Å². The number of methoxy groups -OCH3 is 1. The summed E-state index contributed by atoms with van der Waals surface area (Å²) in [5, 5.41) is 5.75. The van der Waals surface area contributed by atoms with Gasteiger partial charge in [0.2, 0.25) is 11.8 Å². The summed E-state index contributed by atoms with van der Waals surface area (Å²) >= 11 is 0. The summed E-state index contributed by atoms with van der Waals surface area (Å²) in [4.78, 5) is 40.1. The van der Waals surface area contributed by atoms with Crippen molar-refractivity contribution in [3.05, 3.63) is 89.5 Å². The van der Waals surface area contributed by atoms with Crippen LogP contribution in [0.25, 0.3) is 0 Å². The molecule has 0 unspecified atom stereocenters. The number of nitrogens with zero attached hydrogens (tertiary/aromatic N) is 1. The Morgan fingerprint density at radius 2 is 1.66 bits per heavy atom. The second-order valence-electron chi connectivity index (χ2n) is 8.49. The van der Waals surface area contributed by atoms with Gasteiger partial charge in [-0.05, 0) is 53.9 Å². The minimum Gasteiger partial charge on any atom is -0.497 e. The molecule has 0 radical (unpaired) electrons. The van der Waals surface area contributed by atoms with Crippen molar-refractivity contribution in [1.29, 1.82) is 0 Å². The zero-order chi connectivity index (χ0) is 24.8. The molecule has 3 aromatic carbocycles. The van der Waals surface area contributed by atoms with Gasteiger partial charge in [-0.25, -0.2) is 0 Å². The van der Waals surface area contributed by atoms with Crippen molar-refractivity contribution in [2.75, 3.05) is 23.9 Å². The van der Waals surface area contributed by atoms with Crippen molar-refractivity contribution in [3.63, 3.8) is 0 Å². The summed E-state index contributed by atoms with van der Waals surface area (Å²) in [6.45, 7) is 2.73. The SMILES string of the molecule is CCc1ccc(N2C[C@H](C(=O)Nc3ccccc3C(=O)NCc3ccc(OC)cc3)CC2=O)cc1. The summed E-state index contributed by atoms with van der Waals surface area (Å²) in [7, 11) is 1.60. The number of rotatable bonds is 8. The summed E-state index contributed by atoms with van der Waals surface area (Å²) in [5.74, 6) is -0.406. The van der Waals surface area contributed by atoms with E-state index >= 15 is 0 Å². The van der Waals surface area contributed by atoms with E-state index in [1.54, 1.807) is 36.3 Å². The average Bonchev–Trinajstić information content (AvgIpc) is 3.29. The van der Waals surface area contributed by atoms with Crippen LogP contribution in [0.5, 0.6) is 5.75 Å². The molecule has 1 fully saturated rings. The van der Waals surface area contributed by atoms with E-state index < -0.39 is 5.92 Å². The van der Waals surface area contributed by atoms with Crippen LogP contribution in [0.15, 0.2) is 72.8 Å². The third kappa shape index (κ3) is 5.69. The molecule has 1 aliphatic heterocycles. The maximum absolute atomic E-state index is 13.0. The highest BCUT2D eigenvalue weighted by Gasteiger charge is 2.35. The van der Waals surface area contributed by atoms with Crippen molar-refractivity contribution in [1.82, 2.24) is 5.32 Å². The molecule has 1 saturated heterocycles. The van der Waals surface area contributed by atoms with Crippen LogP contribution >= 0.6 is 0 Å². The fraction of sp³-hybridized carbons (Fsp3) is 0.250. The Labute approximate surface area is 205 Å². The predicted molar refractivity (Wildman–Crippen MR) is 136 cm³/mol. The minimum atomic E-state index is -0.497. The zero-order valence-corrected chi connectivity index (χ0v) is 19.9. The van der Waals surface area contributed by atoms with Crippen LogP contribution in [0, 0.1) is 5.92 Å². The second-order valence-corrected chi connectivity index (χ2v) is 8.49. The van der Waals surface area contributed by atoms with E-state index in [0.29, 0.717) is 24.3 Å². The van der Waals surface area contributed by atoms with Crippen molar-refractivity contribution >= 4 is 29.1 Å². The van der Waals surface area contributed by atoms with E-state index in [4.69, 9.17) is 4.74 Å². The van der Waals surface area contributed by atoms with Gasteiger partial charge in [0.1, 0.15) is 5.75 Å². The number of ether oxygens (including phenoxy) is 1. The number of benzene rings is 3. The third-order valence-electron chi connectivity index (χ3n) is 6.19. The third-order valence-corrected chi connectivity index (χ3v) is 6.19. The first-order valence-electron chi connectivity index (χ1n) is 11.7. The fourth-order valence-corrected chi connectivity index (χ4v) is 4.09. The normalized spacial score (nSPS) is 15.1. The summed E-state index contributed by atoms with van der Waals surface area (Å²) in [6, 6.07) is 22.1. The molecule has 0 saturated carbocycles. The van der Waals surface area contributed by atoms with Gasteiger partial charge in [-0.2, -0.15) is 0 Å². The topological polar surface area (TPSA) is 87.7 Å². The summed E-state index contributed by atoms with van der Waals surface area (Å²) in [6.07, 6.45) is 1.06. The zero-order valence-electron chi connectivity index (χ0n) is 19.9. The lowest BCUT2D eigenvalue weighted by Crippen LogP contribution is -2.29. The number of hydrogen-bond donors (Lipinski definition) is 2. The van der Waals surface area contributed by atoms with Crippen molar-refractivity contribution in [2.45, 2.75) is 26.3 Å². The Kier molecular flexibility index (Phi) is 7.45. The summed E-state index contributed by atoms with van der Waals surface area (Å²) in [5.41, 5.74) is 3.70. The molecule has 35 heavy (non-hydrogen) atoms. The number of hydrogen-bond acceptors (Lipinski definition) is 4. The highest BCUT2D eigenvalue weighted by molar-refractivity contribution is 6.07. The van der Waals surface area contributed by atoms with Gasteiger partial charge >= 0.3 is 0 Å². The number of carbonyl (C=O) groups is 3. The van der Waals surface area contributed by atoms with Gasteiger partial charge in [0.05, 0.1) is 24.3 Å². The van der Waals surface area contributed by atoms with Gasteiger partial charge in [-0.3, -0.25) is 14.4 Å². The Bertz CT molecular complexity index is 1210. The monoisotopic (exact) mass is 471 g/mol. The van der Waals surface area contributed by atoms with Crippen LogP contribution in [0.3, 0.4) is 0 Å². The molecule has 7 nitrogen and oxygen atoms in total. The predicted octanol–water partition coefficient (Wildman–Crippen LogP) is 4.18. The van der Waals surface area contributed by atoms with Crippen LogP contribution in [-0.2, 0) is 22.6 Å². The minimum absolute atomic E-state index is 0.0834. The Hall–Kier alpha value is -4.13. The molecule has 0 aliphatic carbocycles. The van der Waals surface area contributed by atoms with E-state index in [2.05, 4.69) is 17.6 Å². The average molecular weight is 472 g/mol. The first kappa shape index (κ1) is 24.0. The number of nitrogens with one attached hydrogen (secondary N) is 2. The highest BCUT2D eigenvalue weighted by atomic mass is 16.5. The molecule has 4 rings (SSSR count). The second kappa shape index (κ2) is 10.9. The molecule has 0 aromatic heterocycles. The molecule has 1 atom stereocenters. The van der Waals surface area contributed by atoms with Gasteiger partial charge in [0, 0.05) is 25.2 Å². The van der Waals surface area contributed by atoms with Crippen molar-refractivity contribution in [2.24, 2.45) is 5.92 Å². The first-order valence-corrected chi connectivity index (χ1v) is 11.7. The Morgan fingerprint density at radius 3 is 2.34 bits per heavy atom. The van der Waals surface area contributed by atoms with E-state index in [1.165, 1.54) is 5.56 Å². The van der Waals surface area contributed by atoms with Crippen LogP contribution in [0.1, 0.15) is 34.8 Å². The molecule has 3 amide bonds. The van der Waals surface area contributed by atoms with Crippen LogP contribution in [0.2, 0.25) is 0 Å². The highest BCUT2D eigenvalue weighted by Crippen LogP contribution is 2.27. The molecule has 1 aliphatic rings. The molecule has 1 heterocycles. The Morgan fingerprint density at radius 1 is 0.971 bits per heavy atom. The number of aryl methyl sites for hydroxylation is 1. The lowest BCUT2D eigenvalue weighted by Gasteiger charge is -2.17. The molecule has 180 valence electrons. The van der Waals surface area contributed by atoms with Gasteiger partial charge in [-0.15, -0.1) is 0 Å². The van der Waals surface area contributed by atoms with Crippen molar-refractivity contribution < 1.29 is 19.1 Å². The van der Waals surface area contributed by atoms with E-state index in [-0.39, 0.29) is 24.1 Å². The summed E-state index contributed by atoms with van der Waals surface area (Å²) < 4.78 is 5.16. The molecular weight excluding hydrogens is 442 g/mol. The fourth-order valence-electron chi connectivity index (χ4n) is 4.09. The molecular formula is C28H29N3O4. The molecule has 0 bridgehead atoms. The van der Waals surface area contributed by atoms with Crippen LogP contribution in [0.4, 0.5) is 11.4 Å². The number of carbonyl (C=O) groups excluding carboxylic acids is 3. The lowest BCUT2D eigenvalue weighted by atomic mass is 10.1. The maximum Gasteiger partial charge on any atom is 0.253 e. The Balaban J connectivity index is 1.39. The lowest BCUT2D eigenvalue weighted by molar-refractivity contribution is -0.122. The van der Waals surface area contributed by atoms with Crippen LogP contribution in [-0.4, -0.2) is 31.4 Å². The van der Waals surface area contributed by atoms with Crippen molar-refractivity contribution in [3.8, 4) is 5.75 Å². The quantitative estimate of drug-likeness (QED) is 0.516. The first-order chi connectivity index (χ1) is 17.0. The van der Waals surface area contributed by atoms with Gasteiger partial charge in [0.25, 0.3) is 5.91 Å². The largest absolute Gasteiger partial charge is 0.497 e. The van der Waals surface area contributed by atoms with E-state index in [9.17, 15) is 14.4 Å². The van der Waals surface area contributed by atoms with E-state index in [0.717, 1.165) is 23.4 Å².